The molecule has 2 aromatic heterocycles. The number of imidazole rings is 1. The van der Waals surface area contributed by atoms with Crippen molar-refractivity contribution in [3.63, 3.8) is 0 Å². The summed E-state index contributed by atoms with van der Waals surface area (Å²) in [5, 5.41) is 13.1. The molecule has 0 atom stereocenters. The fourth-order valence-electron chi connectivity index (χ4n) is 4.97. The molecule has 5 rings (SSSR count). The second kappa shape index (κ2) is 10.1. The monoisotopic (exact) mass is 523 g/mol. The molecular weight excluding hydrogens is 495 g/mol. The molecule has 4 aromatic rings. The number of nitrogens with zero attached hydrogens (tertiary/aromatic N) is 4. The van der Waals surface area contributed by atoms with E-state index < -0.39 is 17.7 Å². The molecule has 2 aromatic carbocycles. The first-order valence-corrected chi connectivity index (χ1v) is 12.6. The molecule has 0 saturated heterocycles. The van der Waals surface area contributed by atoms with Gasteiger partial charge in [0, 0.05) is 18.2 Å². The van der Waals surface area contributed by atoms with Crippen LogP contribution in [0, 0.1) is 12.8 Å². The number of carboxylic acid groups (broad SMARTS) is 1. The minimum absolute atomic E-state index is 0.114. The normalized spacial score (nSPS) is 18.0. The van der Waals surface area contributed by atoms with Crippen LogP contribution in [0.25, 0.3) is 22.6 Å². The highest BCUT2D eigenvalue weighted by molar-refractivity contribution is 5.92. The van der Waals surface area contributed by atoms with Crippen LogP contribution in [0.2, 0.25) is 0 Å². The number of alkyl halides is 3. The number of nitrogens with one attached hydrogen (secondary N) is 1. The minimum atomic E-state index is -4.43. The van der Waals surface area contributed by atoms with E-state index in [2.05, 4.69) is 22.2 Å². The van der Waals surface area contributed by atoms with Crippen LogP contribution in [0.15, 0.2) is 48.5 Å². The molecule has 1 fully saturated rings. The molecule has 0 unspecified atom stereocenters. The zero-order valence-electron chi connectivity index (χ0n) is 21.1. The molecule has 0 radical (unpaired) electrons. The van der Waals surface area contributed by atoms with E-state index in [1.54, 1.807) is 0 Å². The van der Waals surface area contributed by atoms with Crippen molar-refractivity contribution in [1.82, 2.24) is 19.5 Å². The third-order valence-corrected chi connectivity index (χ3v) is 7.05. The number of fused-ring (bicyclic) bond motifs is 1. The van der Waals surface area contributed by atoms with Crippen molar-refractivity contribution in [2.24, 2.45) is 5.92 Å². The largest absolute Gasteiger partial charge is 0.475 e. The Morgan fingerprint density at radius 1 is 1.05 bits per heavy atom. The lowest BCUT2D eigenvalue weighted by Crippen LogP contribution is -2.26. The van der Waals surface area contributed by atoms with E-state index in [0.717, 1.165) is 48.9 Å². The van der Waals surface area contributed by atoms with E-state index in [4.69, 9.17) is 4.98 Å². The summed E-state index contributed by atoms with van der Waals surface area (Å²) in [4.78, 5) is 25.2. The van der Waals surface area contributed by atoms with Gasteiger partial charge in [-0.25, -0.2) is 19.7 Å². The van der Waals surface area contributed by atoms with E-state index in [9.17, 15) is 23.1 Å². The number of rotatable bonds is 6. The summed E-state index contributed by atoms with van der Waals surface area (Å²) in [6, 6.07) is 12.8. The van der Waals surface area contributed by atoms with Gasteiger partial charge < -0.3 is 15.0 Å². The van der Waals surface area contributed by atoms with Gasteiger partial charge in [-0.3, -0.25) is 0 Å². The summed E-state index contributed by atoms with van der Waals surface area (Å²) in [6.07, 6.45) is -0.476. The molecule has 1 saturated carbocycles. The molecule has 2 heterocycles. The highest BCUT2D eigenvalue weighted by Crippen LogP contribution is 2.33. The average molecular weight is 524 g/mol. The van der Waals surface area contributed by atoms with Crippen molar-refractivity contribution in [2.45, 2.75) is 58.3 Å². The van der Waals surface area contributed by atoms with Gasteiger partial charge in [-0.05, 0) is 62.3 Å². The van der Waals surface area contributed by atoms with Gasteiger partial charge in [0.1, 0.15) is 11.3 Å². The summed E-state index contributed by atoms with van der Waals surface area (Å²) in [5.74, 6) is -0.0991. The van der Waals surface area contributed by atoms with E-state index in [1.807, 2.05) is 35.8 Å². The Morgan fingerprint density at radius 3 is 2.39 bits per heavy atom. The molecule has 1 aliphatic rings. The van der Waals surface area contributed by atoms with Gasteiger partial charge in [-0.2, -0.15) is 13.2 Å². The third kappa shape index (κ3) is 5.34. The first kappa shape index (κ1) is 25.7. The number of hydrogen-bond acceptors (Lipinski definition) is 5. The third-order valence-electron chi connectivity index (χ3n) is 7.05. The summed E-state index contributed by atoms with van der Waals surface area (Å²) in [6.45, 7) is 4.37. The van der Waals surface area contributed by atoms with Gasteiger partial charge in [-0.1, -0.05) is 42.8 Å². The lowest BCUT2D eigenvalue weighted by Gasteiger charge is -2.27. The van der Waals surface area contributed by atoms with Crippen LogP contribution < -0.4 is 5.32 Å². The number of aryl methyl sites for hydroxylation is 1. The molecule has 10 heteroatoms. The van der Waals surface area contributed by atoms with Gasteiger partial charge in [0.25, 0.3) is 0 Å². The van der Waals surface area contributed by atoms with Crippen molar-refractivity contribution >= 4 is 23.0 Å². The molecule has 2 N–H and O–H groups in total. The average Bonchev–Trinajstić information content (AvgIpc) is 3.23. The predicted molar refractivity (Wildman–Crippen MR) is 138 cm³/mol. The lowest BCUT2D eigenvalue weighted by molar-refractivity contribution is -0.137. The molecular formula is C28H28F3N5O2. The Hall–Kier alpha value is -3.95. The van der Waals surface area contributed by atoms with E-state index >= 15 is 0 Å². The maximum absolute atomic E-state index is 13.1. The Morgan fingerprint density at radius 2 is 1.76 bits per heavy atom. The molecule has 198 valence electrons. The van der Waals surface area contributed by atoms with Crippen LogP contribution in [0.5, 0.6) is 0 Å². The summed E-state index contributed by atoms with van der Waals surface area (Å²) >= 11 is 0. The van der Waals surface area contributed by atoms with Crippen LogP contribution in [0.1, 0.15) is 59.9 Å². The standard InChI is InChI=1S/C28H28F3N5O2/c1-16-6-12-21(13-7-16)32-23-22-24(34-25(33-23)27(37)38)35-26(19-5-3-4-17(2)14-19)36(22)15-18-8-10-20(11-9-18)28(29,30)31/h3-5,8-11,14,16,21H,6-7,12-13,15H2,1-2H3,(H,37,38)(H,32,33,34). The Labute approximate surface area is 217 Å². The zero-order valence-corrected chi connectivity index (χ0v) is 21.1. The van der Waals surface area contributed by atoms with Crippen LogP contribution >= 0.6 is 0 Å². The second-order valence-electron chi connectivity index (χ2n) is 10.1. The SMILES string of the molecule is Cc1cccc(-c2nc3nc(C(=O)O)nc(NC4CCC(C)CC4)c3n2Cc2ccc(C(F)(F)F)cc2)c1. The van der Waals surface area contributed by atoms with Crippen molar-refractivity contribution < 1.29 is 23.1 Å². The Balaban J connectivity index is 1.66. The van der Waals surface area contributed by atoms with E-state index in [-0.39, 0.29) is 24.1 Å². The molecule has 0 spiro atoms. The summed E-state index contributed by atoms with van der Waals surface area (Å²) < 4.78 is 41.3. The number of halogens is 3. The number of anilines is 1. The van der Waals surface area contributed by atoms with Gasteiger partial charge in [0.15, 0.2) is 11.5 Å². The number of aromatic nitrogens is 4. The number of benzene rings is 2. The Kier molecular flexibility index (Phi) is 6.81. The molecule has 0 aliphatic heterocycles. The summed E-state index contributed by atoms with van der Waals surface area (Å²) in [5.41, 5.74) is 2.43. The quantitative estimate of drug-likeness (QED) is 0.297. The number of carbonyl (C=O) groups is 1. The lowest BCUT2D eigenvalue weighted by atomic mass is 9.87. The maximum Gasteiger partial charge on any atom is 0.416 e. The minimum Gasteiger partial charge on any atom is -0.475 e. The number of aromatic carboxylic acids is 1. The van der Waals surface area contributed by atoms with Crippen molar-refractivity contribution in [2.75, 3.05) is 5.32 Å². The molecule has 1 aliphatic carbocycles. The fraction of sp³-hybridized carbons (Fsp3) is 0.357. The topological polar surface area (TPSA) is 92.9 Å². The zero-order chi connectivity index (χ0) is 27.0. The van der Waals surface area contributed by atoms with E-state index in [1.165, 1.54) is 12.1 Å². The maximum atomic E-state index is 13.1. The summed E-state index contributed by atoms with van der Waals surface area (Å²) in [7, 11) is 0. The first-order valence-electron chi connectivity index (χ1n) is 12.6. The van der Waals surface area contributed by atoms with Gasteiger partial charge >= 0.3 is 12.1 Å². The molecule has 38 heavy (non-hydrogen) atoms. The fourth-order valence-corrected chi connectivity index (χ4v) is 4.97. The Bertz CT molecular complexity index is 1470. The van der Waals surface area contributed by atoms with Gasteiger partial charge in [-0.15, -0.1) is 0 Å². The van der Waals surface area contributed by atoms with Crippen molar-refractivity contribution in [3.05, 3.63) is 71.0 Å². The highest BCUT2D eigenvalue weighted by Gasteiger charge is 2.30. The number of hydrogen-bond donors (Lipinski definition) is 2. The molecule has 0 bridgehead atoms. The smallest absolute Gasteiger partial charge is 0.416 e. The highest BCUT2D eigenvalue weighted by atomic mass is 19.4. The van der Waals surface area contributed by atoms with Crippen LogP contribution in [0.3, 0.4) is 0 Å². The van der Waals surface area contributed by atoms with Crippen LogP contribution in [0.4, 0.5) is 19.0 Å². The van der Waals surface area contributed by atoms with Crippen LogP contribution in [-0.2, 0) is 12.7 Å². The molecule has 0 amide bonds. The molecule has 7 nitrogen and oxygen atoms in total. The van der Waals surface area contributed by atoms with Gasteiger partial charge in [0.2, 0.25) is 5.82 Å². The predicted octanol–water partition coefficient (Wildman–Crippen LogP) is 6.56. The van der Waals surface area contributed by atoms with E-state index in [0.29, 0.717) is 28.6 Å². The van der Waals surface area contributed by atoms with Crippen molar-refractivity contribution in [3.8, 4) is 11.4 Å². The number of carboxylic acids is 1. The van der Waals surface area contributed by atoms with Crippen LogP contribution in [-0.4, -0.2) is 36.6 Å². The first-order chi connectivity index (χ1) is 18.1. The van der Waals surface area contributed by atoms with Gasteiger partial charge in [0.05, 0.1) is 5.56 Å². The van der Waals surface area contributed by atoms with Crippen molar-refractivity contribution in [1.29, 1.82) is 0 Å². The second-order valence-corrected chi connectivity index (χ2v) is 10.1.